The van der Waals surface area contributed by atoms with Crippen molar-refractivity contribution in [1.29, 1.82) is 0 Å². The molecule has 0 amide bonds. The molecular weight excluding hydrogens is 226 g/mol. The van der Waals surface area contributed by atoms with Crippen molar-refractivity contribution in [2.24, 2.45) is 0 Å². The predicted molar refractivity (Wildman–Crippen MR) is 61.3 cm³/mol. The molecule has 1 aromatic carbocycles. The fraction of sp³-hybridized carbons (Fsp3) is 0.182. The van der Waals surface area contributed by atoms with Gasteiger partial charge in [0.1, 0.15) is 0 Å². The molecule has 1 aromatic heterocycles. The van der Waals surface area contributed by atoms with Gasteiger partial charge in [-0.2, -0.15) is 0 Å². The molecule has 1 heterocycles. The van der Waals surface area contributed by atoms with Gasteiger partial charge in [-0.3, -0.25) is 0 Å². The molecule has 1 atom stereocenters. The third-order valence-electron chi connectivity index (χ3n) is 2.10. The second-order valence-electron chi connectivity index (χ2n) is 3.26. The van der Waals surface area contributed by atoms with Gasteiger partial charge in [0.2, 0.25) is 0 Å². The molecule has 2 aromatic rings. The van der Waals surface area contributed by atoms with E-state index in [9.17, 15) is 4.21 Å². The summed E-state index contributed by atoms with van der Waals surface area (Å²) in [7, 11) is 0. The number of hydrogen-bond acceptors (Lipinski definition) is 3. The zero-order chi connectivity index (χ0) is 11.4. The Balaban J connectivity index is 2.11. The van der Waals surface area contributed by atoms with Crippen LogP contribution in [0.25, 0.3) is 11.3 Å². The van der Waals surface area contributed by atoms with E-state index in [1.807, 2.05) is 30.3 Å². The van der Waals surface area contributed by atoms with Crippen molar-refractivity contribution >= 4 is 11.1 Å². The quantitative estimate of drug-likeness (QED) is 0.827. The third-order valence-corrected chi connectivity index (χ3v) is 2.66. The number of rotatable bonds is 4. The summed E-state index contributed by atoms with van der Waals surface area (Å²) in [6.45, 7) is 0. The standard InChI is InChI=1S/C11H11NO3S/c13-16(14)7-6-11-12-8-10(15-11)9-4-2-1-3-5-9/h1-5,8H,6-7H2,(H,13,14). The lowest BCUT2D eigenvalue weighted by atomic mass is 10.2. The third kappa shape index (κ3) is 2.77. The molecule has 16 heavy (non-hydrogen) atoms. The Bertz CT molecular complexity index is 481. The van der Waals surface area contributed by atoms with Crippen molar-refractivity contribution in [2.75, 3.05) is 5.75 Å². The number of aryl methyl sites for hydroxylation is 1. The van der Waals surface area contributed by atoms with E-state index in [1.165, 1.54) is 0 Å². The highest BCUT2D eigenvalue weighted by molar-refractivity contribution is 7.79. The van der Waals surface area contributed by atoms with E-state index >= 15 is 0 Å². The lowest BCUT2D eigenvalue weighted by molar-refractivity contribution is 0.508. The molecule has 0 fully saturated rings. The summed E-state index contributed by atoms with van der Waals surface area (Å²) in [6.07, 6.45) is 2.00. The molecule has 1 N–H and O–H groups in total. The van der Waals surface area contributed by atoms with Crippen LogP contribution in [-0.2, 0) is 17.5 Å². The summed E-state index contributed by atoms with van der Waals surface area (Å²) in [5, 5.41) is 0. The van der Waals surface area contributed by atoms with Crippen LogP contribution < -0.4 is 0 Å². The van der Waals surface area contributed by atoms with Gasteiger partial charge in [-0.1, -0.05) is 30.3 Å². The number of benzene rings is 1. The van der Waals surface area contributed by atoms with Gasteiger partial charge in [-0.15, -0.1) is 0 Å². The van der Waals surface area contributed by atoms with Crippen LogP contribution in [-0.4, -0.2) is 19.5 Å². The summed E-state index contributed by atoms with van der Waals surface area (Å²) in [5.41, 5.74) is 0.950. The smallest absolute Gasteiger partial charge is 0.195 e. The fourth-order valence-corrected chi connectivity index (χ4v) is 1.69. The van der Waals surface area contributed by atoms with Crippen molar-refractivity contribution < 1.29 is 13.2 Å². The molecule has 0 bridgehead atoms. The van der Waals surface area contributed by atoms with E-state index in [4.69, 9.17) is 8.97 Å². The van der Waals surface area contributed by atoms with Crippen LogP contribution >= 0.6 is 0 Å². The zero-order valence-electron chi connectivity index (χ0n) is 8.50. The van der Waals surface area contributed by atoms with Crippen LogP contribution in [0.2, 0.25) is 0 Å². The summed E-state index contributed by atoms with van der Waals surface area (Å²) < 4.78 is 24.6. The van der Waals surface area contributed by atoms with E-state index < -0.39 is 11.1 Å². The van der Waals surface area contributed by atoms with Gasteiger partial charge in [-0.05, 0) is 0 Å². The topological polar surface area (TPSA) is 63.3 Å². The number of nitrogens with zero attached hydrogens (tertiary/aromatic N) is 1. The second-order valence-corrected chi connectivity index (χ2v) is 4.31. The molecule has 0 aliphatic rings. The Hall–Kier alpha value is -1.46. The number of hydrogen-bond donors (Lipinski definition) is 1. The van der Waals surface area contributed by atoms with Gasteiger partial charge in [0.25, 0.3) is 0 Å². The Morgan fingerprint density at radius 1 is 1.31 bits per heavy atom. The molecule has 2 rings (SSSR count). The first-order valence-corrected chi connectivity index (χ1v) is 6.11. The van der Waals surface area contributed by atoms with Crippen molar-refractivity contribution in [3.8, 4) is 11.3 Å². The Morgan fingerprint density at radius 3 is 2.75 bits per heavy atom. The molecule has 0 saturated heterocycles. The lowest BCUT2D eigenvalue weighted by Gasteiger charge is -1.94. The van der Waals surface area contributed by atoms with Crippen molar-refractivity contribution in [3.63, 3.8) is 0 Å². The van der Waals surface area contributed by atoms with Crippen LogP contribution in [0.3, 0.4) is 0 Å². The molecule has 5 heteroatoms. The number of aromatic nitrogens is 1. The highest BCUT2D eigenvalue weighted by atomic mass is 32.2. The molecule has 1 unspecified atom stereocenters. The maximum Gasteiger partial charge on any atom is 0.195 e. The van der Waals surface area contributed by atoms with E-state index in [0.717, 1.165) is 5.56 Å². The van der Waals surface area contributed by atoms with Crippen molar-refractivity contribution in [3.05, 3.63) is 42.4 Å². The van der Waals surface area contributed by atoms with Crippen molar-refractivity contribution in [2.45, 2.75) is 6.42 Å². The zero-order valence-corrected chi connectivity index (χ0v) is 9.31. The van der Waals surface area contributed by atoms with Crippen LogP contribution in [0.5, 0.6) is 0 Å². The lowest BCUT2D eigenvalue weighted by Crippen LogP contribution is -1.98. The Morgan fingerprint density at radius 2 is 2.06 bits per heavy atom. The number of oxazole rings is 1. The van der Waals surface area contributed by atoms with Gasteiger partial charge >= 0.3 is 0 Å². The molecular formula is C11H11NO3S. The molecule has 4 nitrogen and oxygen atoms in total. The molecule has 0 spiro atoms. The average molecular weight is 237 g/mol. The molecule has 0 saturated carbocycles. The fourth-order valence-electron chi connectivity index (χ4n) is 1.34. The van der Waals surface area contributed by atoms with E-state index in [0.29, 0.717) is 18.1 Å². The summed E-state index contributed by atoms with van der Waals surface area (Å²) in [6, 6.07) is 9.61. The summed E-state index contributed by atoms with van der Waals surface area (Å²) >= 11 is -1.80. The molecule has 0 aliphatic carbocycles. The van der Waals surface area contributed by atoms with E-state index in [-0.39, 0.29) is 5.75 Å². The first-order valence-electron chi connectivity index (χ1n) is 4.83. The first kappa shape index (κ1) is 11.0. The monoisotopic (exact) mass is 237 g/mol. The minimum absolute atomic E-state index is 0.148. The predicted octanol–water partition coefficient (Wildman–Crippen LogP) is 2.11. The van der Waals surface area contributed by atoms with Gasteiger partial charge in [0, 0.05) is 12.0 Å². The Labute approximate surface area is 95.6 Å². The van der Waals surface area contributed by atoms with Crippen LogP contribution in [0, 0.1) is 0 Å². The van der Waals surface area contributed by atoms with Crippen LogP contribution in [0.4, 0.5) is 0 Å². The van der Waals surface area contributed by atoms with Gasteiger partial charge in [0.15, 0.2) is 22.7 Å². The van der Waals surface area contributed by atoms with Gasteiger partial charge in [-0.25, -0.2) is 9.19 Å². The summed E-state index contributed by atoms with van der Waals surface area (Å²) in [4.78, 5) is 4.05. The minimum Gasteiger partial charge on any atom is -0.441 e. The average Bonchev–Trinajstić information content (AvgIpc) is 2.76. The maximum absolute atomic E-state index is 10.5. The molecule has 0 radical (unpaired) electrons. The first-order chi connectivity index (χ1) is 7.75. The minimum atomic E-state index is -1.80. The van der Waals surface area contributed by atoms with E-state index in [2.05, 4.69) is 4.98 Å². The van der Waals surface area contributed by atoms with Crippen LogP contribution in [0.15, 0.2) is 40.9 Å². The Kier molecular flexibility index (Phi) is 3.48. The van der Waals surface area contributed by atoms with Gasteiger partial charge in [0.05, 0.1) is 11.9 Å². The van der Waals surface area contributed by atoms with E-state index in [1.54, 1.807) is 6.20 Å². The molecule has 0 aliphatic heterocycles. The SMILES string of the molecule is O=S(O)CCc1ncc(-c2ccccc2)o1. The van der Waals surface area contributed by atoms with Crippen molar-refractivity contribution in [1.82, 2.24) is 4.98 Å². The normalized spacial score (nSPS) is 12.6. The van der Waals surface area contributed by atoms with Crippen LogP contribution in [0.1, 0.15) is 5.89 Å². The molecule has 84 valence electrons. The largest absolute Gasteiger partial charge is 0.441 e. The van der Waals surface area contributed by atoms with Gasteiger partial charge < -0.3 is 8.97 Å². The highest BCUT2D eigenvalue weighted by Crippen LogP contribution is 2.19. The second kappa shape index (κ2) is 5.05. The maximum atomic E-state index is 10.5. The summed E-state index contributed by atoms with van der Waals surface area (Å²) in [5.74, 6) is 1.31. The highest BCUT2D eigenvalue weighted by Gasteiger charge is 2.06.